The summed E-state index contributed by atoms with van der Waals surface area (Å²) in [6.07, 6.45) is 1.99. The van der Waals surface area contributed by atoms with E-state index >= 15 is 0 Å². The van der Waals surface area contributed by atoms with Gasteiger partial charge in [0.2, 0.25) is 5.91 Å². The first-order chi connectivity index (χ1) is 12.0. The molecule has 3 rings (SSSR count). The molecule has 0 aliphatic carbocycles. The molecule has 1 atom stereocenters. The van der Waals surface area contributed by atoms with E-state index in [-0.39, 0.29) is 23.5 Å². The van der Waals surface area contributed by atoms with Gasteiger partial charge in [0.05, 0.1) is 18.4 Å². The van der Waals surface area contributed by atoms with E-state index in [1.807, 2.05) is 32.0 Å². The maximum Gasteiger partial charge on any atom is 0.344 e. The van der Waals surface area contributed by atoms with Crippen LogP contribution in [0, 0.1) is 13.8 Å². The number of rotatable bonds is 6. The van der Waals surface area contributed by atoms with E-state index in [1.165, 1.54) is 11.8 Å². The summed E-state index contributed by atoms with van der Waals surface area (Å²) < 4.78 is 7.12. The third kappa shape index (κ3) is 4.52. The highest BCUT2D eigenvalue weighted by Crippen LogP contribution is 2.20. The second kappa shape index (κ2) is 7.88. The number of carbonyl (C=O) groups excluding carboxylic acids is 1. The fourth-order valence-electron chi connectivity index (χ4n) is 2.84. The van der Waals surface area contributed by atoms with Gasteiger partial charge in [0.1, 0.15) is 0 Å². The SMILES string of the molecule is Cc1ccc(NC(=O)CSc2n[nH]c(=O)n2CC2CCCO2)c(C)c1. The van der Waals surface area contributed by atoms with Gasteiger partial charge in [-0.2, -0.15) is 0 Å². The molecule has 1 unspecified atom stereocenters. The number of hydrogen-bond donors (Lipinski definition) is 2. The van der Waals surface area contributed by atoms with Gasteiger partial charge in [-0.3, -0.25) is 9.36 Å². The Bertz CT molecular complexity index is 808. The Morgan fingerprint density at radius 2 is 2.32 bits per heavy atom. The van der Waals surface area contributed by atoms with Crippen LogP contribution in [0.5, 0.6) is 0 Å². The van der Waals surface area contributed by atoms with Gasteiger partial charge in [-0.1, -0.05) is 29.5 Å². The van der Waals surface area contributed by atoms with Gasteiger partial charge < -0.3 is 10.1 Å². The standard InChI is InChI=1S/C17H22N4O3S/c1-11-5-6-14(12(2)8-11)18-15(22)10-25-17-20-19-16(23)21(17)9-13-4-3-7-24-13/h5-6,8,13H,3-4,7,9-10H2,1-2H3,(H,18,22)(H,19,23). The Morgan fingerprint density at radius 3 is 3.04 bits per heavy atom. The summed E-state index contributed by atoms with van der Waals surface area (Å²) in [4.78, 5) is 24.1. The van der Waals surface area contributed by atoms with Crippen LogP contribution < -0.4 is 11.0 Å². The first-order valence-corrected chi connectivity index (χ1v) is 9.28. The monoisotopic (exact) mass is 362 g/mol. The molecule has 1 aliphatic rings. The Balaban J connectivity index is 1.59. The number of aromatic amines is 1. The highest BCUT2D eigenvalue weighted by molar-refractivity contribution is 7.99. The summed E-state index contributed by atoms with van der Waals surface area (Å²) in [6.45, 7) is 5.18. The average Bonchev–Trinajstić information content (AvgIpc) is 3.20. The Labute approximate surface area is 150 Å². The van der Waals surface area contributed by atoms with Gasteiger partial charge in [-0.25, -0.2) is 9.89 Å². The van der Waals surface area contributed by atoms with Crippen molar-refractivity contribution >= 4 is 23.4 Å². The molecule has 1 aliphatic heterocycles. The van der Waals surface area contributed by atoms with Gasteiger partial charge in [-0.15, -0.1) is 5.10 Å². The summed E-state index contributed by atoms with van der Waals surface area (Å²) in [7, 11) is 0. The van der Waals surface area contributed by atoms with Gasteiger partial charge in [0, 0.05) is 12.3 Å². The molecule has 8 heteroatoms. The zero-order chi connectivity index (χ0) is 17.8. The number of nitrogens with zero attached hydrogens (tertiary/aromatic N) is 2. The number of thioether (sulfide) groups is 1. The van der Waals surface area contributed by atoms with E-state index < -0.39 is 0 Å². The topological polar surface area (TPSA) is 89.0 Å². The first-order valence-electron chi connectivity index (χ1n) is 8.29. The van der Waals surface area contributed by atoms with E-state index in [9.17, 15) is 9.59 Å². The molecule has 2 heterocycles. The average molecular weight is 362 g/mol. The first kappa shape index (κ1) is 17.8. The number of anilines is 1. The molecule has 1 saturated heterocycles. The van der Waals surface area contributed by atoms with Crippen molar-refractivity contribution in [3.8, 4) is 0 Å². The van der Waals surface area contributed by atoms with Crippen LogP contribution in [0.4, 0.5) is 5.69 Å². The van der Waals surface area contributed by atoms with Crippen molar-refractivity contribution in [1.29, 1.82) is 0 Å². The highest BCUT2D eigenvalue weighted by Gasteiger charge is 2.20. The molecule has 134 valence electrons. The van der Waals surface area contributed by atoms with Crippen molar-refractivity contribution in [3.63, 3.8) is 0 Å². The van der Waals surface area contributed by atoms with Gasteiger partial charge in [0.25, 0.3) is 0 Å². The number of ether oxygens (including phenoxy) is 1. The fourth-order valence-corrected chi connectivity index (χ4v) is 3.59. The van der Waals surface area contributed by atoms with Crippen LogP contribution >= 0.6 is 11.8 Å². The smallest absolute Gasteiger partial charge is 0.344 e. The van der Waals surface area contributed by atoms with E-state index in [4.69, 9.17) is 4.74 Å². The van der Waals surface area contributed by atoms with Crippen LogP contribution in [0.25, 0.3) is 0 Å². The number of H-pyrrole nitrogens is 1. The number of nitrogens with one attached hydrogen (secondary N) is 2. The molecule has 1 aromatic carbocycles. The number of hydrogen-bond acceptors (Lipinski definition) is 5. The molecule has 7 nitrogen and oxygen atoms in total. The normalized spacial score (nSPS) is 17.0. The van der Waals surface area contributed by atoms with Crippen molar-refractivity contribution in [1.82, 2.24) is 14.8 Å². The van der Waals surface area contributed by atoms with Gasteiger partial charge in [-0.05, 0) is 38.3 Å². The molecule has 25 heavy (non-hydrogen) atoms. The summed E-state index contributed by atoms with van der Waals surface area (Å²) in [5, 5.41) is 9.88. The maximum absolute atomic E-state index is 12.2. The van der Waals surface area contributed by atoms with Crippen LogP contribution in [0.3, 0.4) is 0 Å². The predicted octanol–water partition coefficient (Wildman–Crippen LogP) is 2.10. The van der Waals surface area contributed by atoms with Crippen molar-refractivity contribution in [2.75, 3.05) is 17.7 Å². The predicted molar refractivity (Wildman–Crippen MR) is 97.1 cm³/mol. The molecular weight excluding hydrogens is 340 g/mol. The number of aryl methyl sites for hydroxylation is 2. The minimum absolute atomic E-state index is 0.0404. The van der Waals surface area contributed by atoms with Crippen molar-refractivity contribution in [2.24, 2.45) is 0 Å². The van der Waals surface area contributed by atoms with Crippen LogP contribution in [0.15, 0.2) is 28.2 Å². The number of carbonyl (C=O) groups is 1. The molecule has 1 amide bonds. The summed E-state index contributed by atoms with van der Waals surface area (Å²) >= 11 is 1.24. The van der Waals surface area contributed by atoms with Crippen LogP contribution in [-0.2, 0) is 16.1 Å². The quantitative estimate of drug-likeness (QED) is 0.768. The molecule has 2 aromatic rings. The van der Waals surface area contributed by atoms with E-state index in [0.717, 1.165) is 36.3 Å². The molecule has 0 saturated carbocycles. The molecule has 1 fully saturated rings. The lowest BCUT2D eigenvalue weighted by molar-refractivity contribution is -0.113. The minimum Gasteiger partial charge on any atom is -0.376 e. The lowest BCUT2D eigenvalue weighted by Gasteiger charge is -2.11. The number of aromatic nitrogens is 3. The number of benzene rings is 1. The molecule has 0 radical (unpaired) electrons. The lowest BCUT2D eigenvalue weighted by Crippen LogP contribution is -2.25. The van der Waals surface area contributed by atoms with Gasteiger partial charge >= 0.3 is 5.69 Å². The van der Waals surface area contributed by atoms with Crippen LogP contribution in [0.1, 0.15) is 24.0 Å². The third-order valence-corrected chi connectivity index (χ3v) is 5.10. The Kier molecular flexibility index (Phi) is 5.60. The van der Waals surface area contributed by atoms with Crippen LogP contribution in [-0.4, -0.2) is 39.1 Å². The summed E-state index contributed by atoms with van der Waals surface area (Å²) in [6, 6.07) is 5.88. The molecule has 2 N–H and O–H groups in total. The lowest BCUT2D eigenvalue weighted by atomic mass is 10.1. The molecule has 1 aromatic heterocycles. The Morgan fingerprint density at radius 1 is 1.48 bits per heavy atom. The Hall–Kier alpha value is -2.06. The van der Waals surface area contributed by atoms with Crippen molar-refractivity contribution in [2.45, 2.75) is 44.5 Å². The van der Waals surface area contributed by atoms with Crippen LogP contribution in [0.2, 0.25) is 0 Å². The zero-order valence-electron chi connectivity index (χ0n) is 14.4. The number of amides is 1. The summed E-state index contributed by atoms with van der Waals surface area (Å²) in [5.41, 5.74) is 2.70. The molecule has 0 spiro atoms. The van der Waals surface area contributed by atoms with E-state index in [1.54, 1.807) is 4.57 Å². The second-order valence-corrected chi connectivity index (χ2v) is 7.15. The molecule has 0 bridgehead atoms. The third-order valence-electron chi connectivity index (χ3n) is 4.12. The van der Waals surface area contributed by atoms with E-state index in [0.29, 0.717) is 11.7 Å². The van der Waals surface area contributed by atoms with E-state index in [2.05, 4.69) is 15.5 Å². The summed E-state index contributed by atoms with van der Waals surface area (Å²) in [5.74, 6) is 0.0550. The fraction of sp³-hybridized carbons (Fsp3) is 0.471. The minimum atomic E-state index is -0.271. The van der Waals surface area contributed by atoms with Crippen molar-refractivity contribution < 1.29 is 9.53 Å². The van der Waals surface area contributed by atoms with Gasteiger partial charge in [0.15, 0.2) is 5.16 Å². The highest BCUT2D eigenvalue weighted by atomic mass is 32.2. The maximum atomic E-state index is 12.2. The second-order valence-electron chi connectivity index (χ2n) is 6.21. The molecular formula is C17H22N4O3S. The largest absolute Gasteiger partial charge is 0.376 e. The van der Waals surface area contributed by atoms with Crippen molar-refractivity contribution in [3.05, 3.63) is 39.8 Å². The zero-order valence-corrected chi connectivity index (χ0v) is 15.2.